The van der Waals surface area contributed by atoms with Gasteiger partial charge in [0.25, 0.3) is 0 Å². The zero-order valence-electron chi connectivity index (χ0n) is 11.1. The van der Waals surface area contributed by atoms with E-state index in [0.717, 1.165) is 22.3 Å². The van der Waals surface area contributed by atoms with Gasteiger partial charge in [0.2, 0.25) is 0 Å². The quantitative estimate of drug-likeness (QED) is 0.705. The Morgan fingerprint density at radius 2 is 1.85 bits per heavy atom. The molecule has 1 N–H and O–H groups in total. The Morgan fingerprint density at radius 1 is 1.10 bits per heavy atom. The number of halogens is 3. The Labute approximate surface area is 137 Å². The molecule has 20 heavy (non-hydrogen) atoms. The van der Waals surface area contributed by atoms with Gasteiger partial charge in [0.15, 0.2) is 0 Å². The highest BCUT2D eigenvalue weighted by Gasteiger charge is 2.10. The van der Waals surface area contributed by atoms with E-state index in [2.05, 4.69) is 27.3 Å². The first-order valence-electron chi connectivity index (χ1n) is 6.08. The molecular weight excluding hydrogens is 361 g/mol. The van der Waals surface area contributed by atoms with E-state index in [9.17, 15) is 0 Å². The SMILES string of the molecule is CNCc1cc(C)ccc1Oc1cc(Cl)c(Br)cc1Cl. The third-order valence-corrected chi connectivity index (χ3v) is 4.27. The van der Waals surface area contributed by atoms with E-state index in [0.29, 0.717) is 15.8 Å². The lowest BCUT2D eigenvalue weighted by atomic mass is 10.1. The molecule has 0 atom stereocenters. The molecule has 0 unspecified atom stereocenters. The summed E-state index contributed by atoms with van der Waals surface area (Å²) >= 11 is 15.6. The number of nitrogens with one attached hydrogen (secondary N) is 1. The van der Waals surface area contributed by atoms with Gasteiger partial charge in [-0.3, -0.25) is 0 Å². The van der Waals surface area contributed by atoms with E-state index in [1.165, 1.54) is 5.56 Å². The topological polar surface area (TPSA) is 21.3 Å². The maximum absolute atomic E-state index is 6.18. The van der Waals surface area contributed by atoms with Crippen LogP contribution in [0.15, 0.2) is 34.8 Å². The van der Waals surface area contributed by atoms with E-state index in [1.54, 1.807) is 12.1 Å². The van der Waals surface area contributed by atoms with Crippen LogP contribution < -0.4 is 10.1 Å². The number of benzene rings is 2. The van der Waals surface area contributed by atoms with Crippen LogP contribution in [0.5, 0.6) is 11.5 Å². The van der Waals surface area contributed by atoms with Gasteiger partial charge in [-0.2, -0.15) is 0 Å². The highest BCUT2D eigenvalue weighted by Crippen LogP contribution is 2.37. The van der Waals surface area contributed by atoms with Gasteiger partial charge in [-0.1, -0.05) is 40.9 Å². The van der Waals surface area contributed by atoms with E-state index in [1.807, 2.05) is 26.1 Å². The van der Waals surface area contributed by atoms with Gasteiger partial charge in [-0.05, 0) is 42.0 Å². The van der Waals surface area contributed by atoms with Crippen molar-refractivity contribution in [1.29, 1.82) is 0 Å². The lowest BCUT2D eigenvalue weighted by molar-refractivity contribution is 0.474. The van der Waals surface area contributed by atoms with Gasteiger partial charge in [0, 0.05) is 22.6 Å². The number of aryl methyl sites for hydroxylation is 1. The van der Waals surface area contributed by atoms with Gasteiger partial charge >= 0.3 is 0 Å². The van der Waals surface area contributed by atoms with E-state index in [-0.39, 0.29) is 0 Å². The molecule has 0 aromatic heterocycles. The van der Waals surface area contributed by atoms with Crippen LogP contribution in [0.4, 0.5) is 0 Å². The first-order chi connectivity index (χ1) is 9.51. The fraction of sp³-hybridized carbons (Fsp3) is 0.200. The van der Waals surface area contributed by atoms with Crippen molar-refractivity contribution in [2.24, 2.45) is 0 Å². The smallest absolute Gasteiger partial charge is 0.147 e. The Balaban J connectivity index is 2.37. The lowest BCUT2D eigenvalue weighted by Gasteiger charge is -2.13. The maximum Gasteiger partial charge on any atom is 0.147 e. The minimum absolute atomic E-state index is 0.511. The van der Waals surface area contributed by atoms with Crippen molar-refractivity contribution in [3.8, 4) is 11.5 Å². The second-order valence-electron chi connectivity index (χ2n) is 4.44. The van der Waals surface area contributed by atoms with Gasteiger partial charge in [-0.25, -0.2) is 0 Å². The minimum Gasteiger partial charge on any atom is -0.455 e. The highest BCUT2D eigenvalue weighted by atomic mass is 79.9. The summed E-state index contributed by atoms with van der Waals surface area (Å²) in [6.45, 7) is 2.77. The first-order valence-corrected chi connectivity index (χ1v) is 7.62. The molecule has 0 bridgehead atoms. The molecule has 0 aliphatic carbocycles. The average molecular weight is 375 g/mol. The van der Waals surface area contributed by atoms with Crippen molar-refractivity contribution in [3.05, 3.63) is 56.0 Å². The molecule has 0 spiro atoms. The molecule has 106 valence electrons. The van der Waals surface area contributed by atoms with Gasteiger partial charge in [0.05, 0.1) is 10.0 Å². The van der Waals surface area contributed by atoms with E-state index >= 15 is 0 Å². The van der Waals surface area contributed by atoms with Crippen molar-refractivity contribution < 1.29 is 4.74 Å². The molecule has 0 aliphatic rings. The van der Waals surface area contributed by atoms with Crippen molar-refractivity contribution in [1.82, 2.24) is 5.32 Å². The fourth-order valence-corrected chi connectivity index (χ4v) is 2.67. The Morgan fingerprint density at radius 3 is 2.55 bits per heavy atom. The van der Waals surface area contributed by atoms with Gasteiger partial charge in [0.1, 0.15) is 11.5 Å². The van der Waals surface area contributed by atoms with Crippen LogP contribution in [0.2, 0.25) is 10.0 Å². The second kappa shape index (κ2) is 6.81. The lowest BCUT2D eigenvalue weighted by Crippen LogP contribution is -2.06. The van der Waals surface area contributed by atoms with Crippen molar-refractivity contribution in [3.63, 3.8) is 0 Å². The zero-order chi connectivity index (χ0) is 14.7. The van der Waals surface area contributed by atoms with E-state index < -0.39 is 0 Å². The van der Waals surface area contributed by atoms with Crippen LogP contribution in [-0.4, -0.2) is 7.05 Å². The second-order valence-corrected chi connectivity index (χ2v) is 6.11. The van der Waals surface area contributed by atoms with E-state index in [4.69, 9.17) is 27.9 Å². The van der Waals surface area contributed by atoms with Crippen LogP contribution in [-0.2, 0) is 6.54 Å². The monoisotopic (exact) mass is 373 g/mol. The van der Waals surface area contributed by atoms with Crippen LogP contribution >= 0.6 is 39.1 Å². The molecule has 0 aliphatic heterocycles. The fourth-order valence-electron chi connectivity index (χ4n) is 1.84. The first kappa shape index (κ1) is 15.6. The van der Waals surface area contributed by atoms with Crippen LogP contribution in [0.25, 0.3) is 0 Å². The number of hydrogen-bond acceptors (Lipinski definition) is 2. The molecule has 0 fully saturated rings. The minimum atomic E-state index is 0.511. The maximum atomic E-state index is 6.18. The molecule has 2 aromatic rings. The third-order valence-electron chi connectivity index (χ3n) is 2.78. The molecule has 0 saturated heterocycles. The summed E-state index contributed by atoms with van der Waals surface area (Å²) in [6, 6.07) is 9.46. The molecule has 2 rings (SSSR count). The third kappa shape index (κ3) is 3.67. The van der Waals surface area contributed by atoms with Gasteiger partial charge < -0.3 is 10.1 Å². The zero-order valence-corrected chi connectivity index (χ0v) is 14.2. The molecular formula is C15H14BrCl2NO. The number of hydrogen-bond donors (Lipinski definition) is 1. The molecule has 0 radical (unpaired) electrons. The van der Waals surface area contributed by atoms with Crippen molar-refractivity contribution in [2.75, 3.05) is 7.05 Å². The summed E-state index contributed by atoms with van der Waals surface area (Å²) in [7, 11) is 1.90. The predicted molar refractivity (Wildman–Crippen MR) is 88.2 cm³/mol. The van der Waals surface area contributed by atoms with Crippen LogP contribution in [0.1, 0.15) is 11.1 Å². The molecule has 5 heteroatoms. The normalized spacial score (nSPS) is 10.7. The summed E-state index contributed by atoms with van der Waals surface area (Å²) in [5.74, 6) is 1.31. The summed E-state index contributed by atoms with van der Waals surface area (Å²) < 4.78 is 6.65. The predicted octanol–water partition coefficient (Wildman–Crippen LogP) is 5.58. The molecule has 2 aromatic carbocycles. The highest BCUT2D eigenvalue weighted by molar-refractivity contribution is 9.10. The molecule has 0 amide bonds. The number of ether oxygens (including phenoxy) is 1. The van der Waals surface area contributed by atoms with Crippen LogP contribution in [0.3, 0.4) is 0 Å². The summed E-state index contributed by atoms with van der Waals surface area (Å²) in [6.07, 6.45) is 0. The molecule has 2 nitrogen and oxygen atoms in total. The Hall–Kier alpha value is -0.740. The summed E-state index contributed by atoms with van der Waals surface area (Å²) in [4.78, 5) is 0. The van der Waals surface area contributed by atoms with Crippen molar-refractivity contribution in [2.45, 2.75) is 13.5 Å². The molecule has 0 saturated carbocycles. The Bertz CT molecular complexity index is 632. The van der Waals surface area contributed by atoms with Crippen molar-refractivity contribution >= 4 is 39.1 Å². The summed E-state index contributed by atoms with van der Waals surface area (Å²) in [5.41, 5.74) is 2.25. The average Bonchev–Trinajstić information content (AvgIpc) is 2.39. The Kier molecular flexibility index (Phi) is 5.33. The summed E-state index contributed by atoms with van der Waals surface area (Å²) in [5, 5.41) is 4.20. The number of rotatable bonds is 4. The van der Waals surface area contributed by atoms with Gasteiger partial charge in [-0.15, -0.1) is 0 Å². The largest absolute Gasteiger partial charge is 0.455 e. The standard InChI is InChI=1S/C15H14BrCl2NO/c1-9-3-4-14(10(5-9)8-19-2)20-15-7-12(17)11(16)6-13(15)18/h3-7,19H,8H2,1-2H3. The molecule has 0 heterocycles. The van der Waals surface area contributed by atoms with Crippen LogP contribution in [0, 0.1) is 6.92 Å².